The van der Waals surface area contributed by atoms with Crippen molar-refractivity contribution in [3.63, 3.8) is 0 Å². The number of carbonyl (C=O) groups excluding carboxylic acids is 2. The highest BCUT2D eigenvalue weighted by molar-refractivity contribution is 6.36. The lowest BCUT2D eigenvalue weighted by Gasteiger charge is -2.14. The molecule has 8 heteroatoms. The Kier molecular flexibility index (Phi) is 7.24. The highest BCUT2D eigenvalue weighted by Gasteiger charge is 2.19. The third kappa shape index (κ3) is 5.89. The molecule has 0 radical (unpaired) electrons. The molecule has 1 aromatic heterocycles. The number of esters is 1. The summed E-state index contributed by atoms with van der Waals surface area (Å²) in [6.07, 6.45) is 1.22. The zero-order chi connectivity index (χ0) is 19.1. The molecule has 2 aromatic rings. The summed E-state index contributed by atoms with van der Waals surface area (Å²) in [7, 11) is 0. The molecule has 0 aliphatic heterocycles. The van der Waals surface area contributed by atoms with Crippen molar-refractivity contribution in [2.24, 2.45) is 0 Å². The fourth-order valence-corrected chi connectivity index (χ4v) is 2.40. The van der Waals surface area contributed by atoms with Crippen molar-refractivity contribution in [1.29, 1.82) is 0 Å². The van der Waals surface area contributed by atoms with Crippen LogP contribution in [0.1, 0.15) is 19.4 Å². The predicted octanol–water partition coefficient (Wildman–Crippen LogP) is 3.90. The molecular weight excluding hydrogens is 379 g/mol. The molecule has 26 heavy (non-hydrogen) atoms. The molecule has 0 unspecified atom stereocenters. The highest BCUT2D eigenvalue weighted by Crippen LogP contribution is 2.22. The molecule has 0 aliphatic rings. The molecule has 1 heterocycles. The summed E-state index contributed by atoms with van der Waals surface area (Å²) in [5, 5.41) is 3.00. The minimum Gasteiger partial charge on any atom is -0.482 e. The topological polar surface area (TPSA) is 77.5 Å². The molecule has 0 saturated heterocycles. The van der Waals surface area contributed by atoms with Crippen LogP contribution in [-0.4, -0.2) is 29.6 Å². The molecule has 1 atom stereocenters. The fourth-order valence-electron chi connectivity index (χ4n) is 1.97. The second kappa shape index (κ2) is 9.40. The Labute approximate surface area is 161 Å². The third-order valence-corrected chi connectivity index (χ3v) is 3.91. The summed E-state index contributed by atoms with van der Waals surface area (Å²) in [4.78, 5) is 27.8. The summed E-state index contributed by atoms with van der Waals surface area (Å²) in [6, 6.07) is 8.83. The molecule has 1 amide bonds. The van der Waals surface area contributed by atoms with Crippen LogP contribution in [0, 0.1) is 0 Å². The standard InChI is InChI=1S/C18H18Cl2N2O4/c1-3-12-4-6-14(7-5-12)25-10-16(23)26-11(2)18(24)22-17-15(20)8-13(19)9-21-17/h4-9,11H,3,10H2,1-2H3,(H,21,22,24)/t11-/m0/s1. The van der Waals surface area contributed by atoms with Crippen molar-refractivity contribution < 1.29 is 19.1 Å². The van der Waals surface area contributed by atoms with E-state index >= 15 is 0 Å². The monoisotopic (exact) mass is 396 g/mol. The number of nitrogens with one attached hydrogen (secondary N) is 1. The van der Waals surface area contributed by atoms with Gasteiger partial charge in [-0.05, 0) is 37.1 Å². The van der Waals surface area contributed by atoms with Gasteiger partial charge in [0.05, 0.1) is 10.0 Å². The van der Waals surface area contributed by atoms with Gasteiger partial charge in [-0.1, -0.05) is 42.3 Å². The normalized spacial score (nSPS) is 11.5. The summed E-state index contributed by atoms with van der Waals surface area (Å²) in [5.41, 5.74) is 1.17. The van der Waals surface area contributed by atoms with E-state index < -0.39 is 18.0 Å². The Hall–Kier alpha value is -2.31. The number of benzene rings is 1. The molecule has 0 spiro atoms. The van der Waals surface area contributed by atoms with Gasteiger partial charge in [-0.15, -0.1) is 0 Å². The molecule has 138 valence electrons. The predicted molar refractivity (Wildman–Crippen MR) is 99.8 cm³/mol. The van der Waals surface area contributed by atoms with E-state index in [0.717, 1.165) is 6.42 Å². The maximum Gasteiger partial charge on any atom is 0.344 e. The van der Waals surface area contributed by atoms with Crippen molar-refractivity contribution in [2.45, 2.75) is 26.4 Å². The second-order valence-electron chi connectivity index (χ2n) is 5.39. The number of nitrogens with zero attached hydrogens (tertiary/aromatic N) is 1. The number of carbonyl (C=O) groups is 2. The SMILES string of the molecule is CCc1ccc(OCC(=O)O[C@@H](C)C(=O)Nc2ncc(Cl)cc2Cl)cc1. The Morgan fingerprint density at radius 2 is 1.92 bits per heavy atom. The lowest BCUT2D eigenvalue weighted by atomic mass is 10.2. The van der Waals surface area contributed by atoms with Crippen molar-refractivity contribution in [2.75, 3.05) is 11.9 Å². The maximum atomic E-state index is 12.1. The first-order valence-electron chi connectivity index (χ1n) is 7.92. The van der Waals surface area contributed by atoms with Crippen molar-refractivity contribution in [1.82, 2.24) is 4.98 Å². The summed E-state index contributed by atoms with van der Waals surface area (Å²) in [6.45, 7) is 3.18. The van der Waals surface area contributed by atoms with Crippen molar-refractivity contribution in [3.05, 3.63) is 52.1 Å². The van der Waals surface area contributed by atoms with Crippen molar-refractivity contribution >= 4 is 40.9 Å². The summed E-state index contributed by atoms with van der Waals surface area (Å²) >= 11 is 11.7. The Bertz CT molecular complexity index is 781. The first kappa shape index (κ1) is 20.0. The minimum absolute atomic E-state index is 0.135. The maximum absolute atomic E-state index is 12.1. The van der Waals surface area contributed by atoms with Crippen LogP contribution in [0.2, 0.25) is 10.0 Å². The number of hydrogen-bond acceptors (Lipinski definition) is 5. The van der Waals surface area contributed by atoms with Crippen LogP contribution in [0.25, 0.3) is 0 Å². The smallest absolute Gasteiger partial charge is 0.344 e. The van der Waals surface area contributed by atoms with Gasteiger partial charge in [0.25, 0.3) is 5.91 Å². The number of aromatic nitrogens is 1. The summed E-state index contributed by atoms with van der Waals surface area (Å²) < 4.78 is 10.4. The number of anilines is 1. The van der Waals surface area contributed by atoms with E-state index in [0.29, 0.717) is 10.8 Å². The van der Waals surface area contributed by atoms with E-state index in [1.54, 1.807) is 12.1 Å². The molecular formula is C18H18Cl2N2O4. The van der Waals surface area contributed by atoms with Gasteiger partial charge >= 0.3 is 5.97 Å². The van der Waals surface area contributed by atoms with Crippen LogP contribution in [0.4, 0.5) is 5.82 Å². The number of aryl methyl sites for hydroxylation is 1. The molecule has 6 nitrogen and oxygen atoms in total. The highest BCUT2D eigenvalue weighted by atomic mass is 35.5. The summed E-state index contributed by atoms with van der Waals surface area (Å²) in [5.74, 6) is -0.547. The van der Waals surface area contributed by atoms with Crippen LogP contribution in [0.5, 0.6) is 5.75 Å². The minimum atomic E-state index is -1.04. The third-order valence-electron chi connectivity index (χ3n) is 3.42. The number of rotatable bonds is 7. The number of ether oxygens (including phenoxy) is 2. The number of amides is 1. The van der Waals surface area contributed by atoms with E-state index in [4.69, 9.17) is 32.7 Å². The average Bonchev–Trinajstić information content (AvgIpc) is 2.62. The molecule has 1 aromatic carbocycles. The Balaban J connectivity index is 1.82. The van der Waals surface area contributed by atoms with E-state index in [9.17, 15) is 9.59 Å². The first-order valence-corrected chi connectivity index (χ1v) is 8.67. The fraction of sp³-hybridized carbons (Fsp3) is 0.278. The molecule has 0 bridgehead atoms. The lowest BCUT2D eigenvalue weighted by molar-refractivity contribution is -0.155. The Morgan fingerprint density at radius 1 is 1.23 bits per heavy atom. The van der Waals surface area contributed by atoms with Gasteiger partial charge in [-0.3, -0.25) is 4.79 Å². The van der Waals surface area contributed by atoms with Gasteiger partial charge in [-0.25, -0.2) is 9.78 Å². The molecule has 0 fully saturated rings. The molecule has 0 aliphatic carbocycles. The van der Waals surface area contributed by atoms with Gasteiger partial charge < -0.3 is 14.8 Å². The van der Waals surface area contributed by atoms with Crippen LogP contribution < -0.4 is 10.1 Å². The Morgan fingerprint density at radius 3 is 2.54 bits per heavy atom. The van der Waals surface area contributed by atoms with E-state index in [1.807, 2.05) is 19.1 Å². The van der Waals surface area contributed by atoms with Gasteiger partial charge in [0.2, 0.25) is 0 Å². The van der Waals surface area contributed by atoms with Crippen LogP contribution in [0.15, 0.2) is 36.5 Å². The van der Waals surface area contributed by atoms with Gasteiger partial charge in [0.1, 0.15) is 5.75 Å². The molecule has 0 saturated carbocycles. The van der Waals surface area contributed by atoms with Crippen LogP contribution in [0.3, 0.4) is 0 Å². The quantitative estimate of drug-likeness (QED) is 0.717. The van der Waals surface area contributed by atoms with E-state index in [1.165, 1.54) is 24.8 Å². The van der Waals surface area contributed by atoms with Crippen LogP contribution in [-0.2, 0) is 20.7 Å². The lowest BCUT2D eigenvalue weighted by Crippen LogP contribution is -2.32. The average molecular weight is 397 g/mol. The largest absolute Gasteiger partial charge is 0.482 e. The number of halogens is 2. The van der Waals surface area contributed by atoms with Gasteiger partial charge in [-0.2, -0.15) is 0 Å². The zero-order valence-electron chi connectivity index (χ0n) is 14.3. The van der Waals surface area contributed by atoms with E-state index in [-0.39, 0.29) is 17.4 Å². The van der Waals surface area contributed by atoms with Crippen LogP contribution >= 0.6 is 23.2 Å². The number of hydrogen-bond donors (Lipinski definition) is 1. The van der Waals surface area contributed by atoms with Gasteiger partial charge in [0.15, 0.2) is 18.5 Å². The van der Waals surface area contributed by atoms with E-state index in [2.05, 4.69) is 10.3 Å². The first-order chi connectivity index (χ1) is 12.4. The molecule has 1 N–H and O–H groups in total. The second-order valence-corrected chi connectivity index (χ2v) is 6.24. The van der Waals surface area contributed by atoms with Crippen molar-refractivity contribution in [3.8, 4) is 5.75 Å². The number of pyridine rings is 1. The van der Waals surface area contributed by atoms with Gasteiger partial charge in [0, 0.05) is 6.20 Å². The molecule has 2 rings (SSSR count). The zero-order valence-corrected chi connectivity index (χ0v) is 15.8.